The van der Waals surface area contributed by atoms with Crippen LogP contribution in [0.15, 0.2) is 0 Å². The highest BCUT2D eigenvalue weighted by Crippen LogP contribution is 2.08. The molecular weight excluding hydrogens is 102 g/mol. The van der Waals surface area contributed by atoms with Crippen LogP contribution in [0.4, 0.5) is 0 Å². The van der Waals surface area contributed by atoms with Gasteiger partial charge in [-0.3, -0.25) is 0 Å². The Bertz CT molecular complexity index is 61.5. The highest BCUT2D eigenvalue weighted by Gasteiger charge is 2.14. The fourth-order valence-corrected chi connectivity index (χ4v) is 0.610. The Balaban J connectivity index is 3.37. The lowest BCUT2D eigenvalue weighted by atomic mass is 10.1. The second-order valence-corrected chi connectivity index (χ2v) is 2.21. The van der Waals surface area contributed by atoms with Crippen LogP contribution < -0.4 is 5.73 Å². The third-order valence-corrected chi connectivity index (χ3v) is 1.30. The van der Waals surface area contributed by atoms with Gasteiger partial charge in [0.15, 0.2) is 0 Å². The van der Waals surface area contributed by atoms with Crippen molar-refractivity contribution in [3.8, 4) is 0 Å². The molecule has 0 aliphatic carbocycles. The summed E-state index contributed by atoms with van der Waals surface area (Å²) in [6.45, 7) is 3.89. The molecular formula is C6H15NO. The average Bonchev–Trinajstić information content (AvgIpc) is 1.67. The molecule has 0 aromatic carbocycles. The minimum Gasteiger partial charge on any atom is -0.376 e. The SMILES string of the molecule is CCCC(N)(O)CC. The zero-order chi connectivity index (χ0) is 6.62. The third-order valence-electron chi connectivity index (χ3n) is 1.30. The van der Waals surface area contributed by atoms with Crippen LogP contribution in [0.25, 0.3) is 0 Å². The van der Waals surface area contributed by atoms with Gasteiger partial charge in [0, 0.05) is 0 Å². The predicted octanol–water partition coefficient (Wildman–Crippen LogP) is 0.844. The minimum absolute atomic E-state index is 0.640. The molecule has 2 nitrogen and oxygen atoms in total. The molecule has 1 unspecified atom stereocenters. The monoisotopic (exact) mass is 117 g/mol. The van der Waals surface area contributed by atoms with Crippen LogP contribution in [0.1, 0.15) is 33.1 Å². The standard InChI is InChI=1S/C6H15NO/c1-3-5-6(7,8)4-2/h8H,3-5,7H2,1-2H3. The molecule has 0 spiro atoms. The van der Waals surface area contributed by atoms with Crippen molar-refractivity contribution in [3.63, 3.8) is 0 Å². The molecule has 0 aliphatic heterocycles. The van der Waals surface area contributed by atoms with Gasteiger partial charge in [-0.15, -0.1) is 0 Å². The van der Waals surface area contributed by atoms with Crippen LogP contribution >= 0.6 is 0 Å². The van der Waals surface area contributed by atoms with Crippen molar-refractivity contribution in [1.82, 2.24) is 0 Å². The number of nitrogens with two attached hydrogens (primary N) is 1. The molecule has 0 saturated carbocycles. The number of hydrogen-bond donors (Lipinski definition) is 2. The van der Waals surface area contributed by atoms with Gasteiger partial charge in [-0.2, -0.15) is 0 Å². The quantitative estimate of drug-likeness (QED) is 0.538. The van der Waals surface area contributed by atoms with Crippen LogP contribution in [-0.2, 0) is 0 Å². The second kappa shape index (κ2) is 3.05. The fourth-order valence-electron chi connectivity index (χ4n) is 0.610. The lowest BCUT2D eigenvalue weighted by Crippen LogP contribution is -2.38. The molecule has 0 aliphatic rings. The number of hydrogen-bond acceptors (Lipinski definition) is 2. The van der Waals surface area contributed by atoms with E-state index < -0.39 is 5.72 Å². The molecule has 8 heavy (non-hydrogen) atoms. The predicted molar refractivity (Wildman–Crippen MR) is 34.3 cm³/mol. The third kappa shape index (κ3) is 2.99. The van der Waals surface area contributed by atoms with Gasteiger partial charge < -0.3 is 10.8 Å². The van der Waals surface area contributed by atoms with Crippen LogP contribution in [0, 0.1) is 0 Å². The summed E-state index contributed by atoms with van der Waals surface area (Å²) in [7, 11) is 0. The van der Waals surface area contributed by atoms with Crippen molar-refractivity contribution >= 4 is 0 Å². The van der Waals surface area contributed by atoms with E-state index in [0.717, 1.165) is 6.42 Å². The molecule has 0 aromatic rings. The van der Waals surface area contributed by atoms with Gasteiger partial charge in [0.25, 0.3) is 0 Å². The van der Waals surface area contributed by atoms with E-state index in [1.54, 1.807) is 0 Å². The topological polar surface area (TPSA) is 46.2 Å². The van der Waals surface area contributed by atoms with Crippen LogP contribution in [0.3, 0.4) is 0 Å². The first-order valence-corrected chi connectivity index (χ1v) is 3.13. The maximum atomic E-state index is 9.10. The van der Waals surface area contributed by atoms with Crippen LogP contribution in [0.2, 0.25) is 0 Å². The molecule has 0 radical (unpaired) electrons. The maximum absolute atomic E-state index is 9.10. The Hall–Kier alpha value is -0.0800. The molecule has 0 heterocycles. The van der Waals surface area contributed by atoms with E-state index in [9.17, 15) is 0 Å². The van der Waals surface area contributed by atoms with Gasteiger partial charge >= 0.3 is 0 Å². The van der Waals surface area contributed by atoms with Crippen molar-refractivity contribution in [2.75, 3.05) is 0 Å². The van der Waals surface area contributed by atoms with Crippen molar-refractivity contribution in [2.45, 2.75) is 38.8 Å². The van der Waals surface area contributed by atoms with E-state index in [0.29, 0.717) is 12.8 Å². The Morgan fingerprint density at radius 1 is 1.50 bits per heavy atom. The fraction of sp³-hybridized carbons (Fsp3) is 1.00. The summed E-state index contributed by atoms with van der Waals surface area (Å²) in [6, 6.07) is 0. The van der Waals surface area contributed by atoms with E-state index in [2.05, 4.69) is 0 Å². The summed E-state index contributed by atoms with van der Waals surface area (Å²) >= 11 is 0. The first-order chi connectivity index (χ1) is 3.62. The normalized spacial score (nSPS) is 18.0. The lowest BCUT2D eigenvalue weighted by Gasteiger charge is -2.19. The molecule has 1 atom stereocenters. The smallest absolute Gasteiger partial charge is 0.113 e. The number of rotatable bonds is 3. The van der Waals surface area contributed by atoms with E-state index in [1.807, 2.05) is 13.8 Å². The van der Waals surface area contributed by atoms with Gasteiger partial charge in [-0.05, 0) is 12.8 Å². The Kier molecular flexibility index (Phi) is 3.02. The summed E-state index contributed by atoms with van der Waals surface area (Å²) in [5, 5.41) is 9.10. The number of aliphatic hydroxyl groups is 1. The highest BCUT2D eigenvalue weighted by atomic mass is 16.3. The molecule has 0 amide bonds. The molecule has 3 N–H and O–H groups in total. The molecule has 2 heteroatoms. The van der Waals surface area contributed by atoms with E-state index in [4.69, 9.17) is 10.8 Å². The highest BCUT2D eigenvalue weighted by molar-refractivity contribution is 4.65. The Morgan fingerprint density at radius 3 is 2.12 bits per heavy atom. The minimum atomic E-state index is -0.908. The molecule has 0 aromatic heterocycles. The van der Waals surface area contributed by atoms with Crippen LogP contribution in [-0.4, -0.2) is 10.8 Å². The largest absolute Gasteiger partial charge is 0.376 e. The van der Waals surface area contributed by atoms with Crippen molar-refractivity contribution in [3.05, 3.63) is 0 Å². The lowest BCUT2D eigenvalue weighted by molar-refractivity contribution is 0.0334. The summed E-state index contributed by atoms with van der Waals surface area (Å²) in [5.74, 6) is 0. The summed E-state index contributed by atoms with van der Waals surface area (Å²) < 4.78 is 0. The second-order valence-electron chi connectivity index (χ2n) is 2.21. The Morgan fingerprint density at radius 2 is 2.00 bits per heavy atom. The van der Waals surface area contributed by atoms with Crippen molar-refractivity contribution < 1.29 is 5.11 Å². The van der Waals surface area contributed by atoms with Gasteiger partial charge in [-0.1, -0.05) is 20.3 Å². The molecule has 0 fully saturated rings. The van der Waals surface area contributed by atoms with Gasteiger partial charge in [0.1, 0.15) is 5.72 Å². The zero-order valence-corrected chi connectivity index (χ0v) is 5.65. The average molecular weight is 117 g/mol. The van der Waals surface area contributed by atoms with Gasteiger partial charge in [0.2, 0.25) is 0 Å². The summed E-state index contributed by atoms with van der Waals surface area (Å²) in [6.07, 6.45) is 2.28. The van der Waals surface area contributed by atoms with E-state index in [-0.39, 0.29) is 0 Å². The van der Waals surface area contributed by atoms with Gasteiger partial charge in [-0.25, -0.2) is 0 Å². The zero-order valence-electron chi connectivity index (χ0n) is 5.65. The van der Waals surface area contributed by atoms with Crippen molar-refractivity contribution in [1.29, 1.82) is 0 Å². The first-order valence-electron chi connectivity index (χ1n) is 3.13. The summed E-state index contributed by atoms with van der Waals surface area (Å²) in [4.78, 5) is 0. The Labute approximate surface area is 50.7 Å². The molecule has 50 valence electrons. The van der Waals surface area contributed by atoms with Gasteiger partial charge in [0.05, 0.1) is 0 Å². The first kappa shape index (κ1) is 7.92. The molecule has 0 bridgehead atoms. The van der Waals surface area contributed by atoms with Crippen LogP contribution in [0.5, 0.6) is 0 Å². The summed E-state index contributed by atoms with van der Waals surface area (Å²) in [5.41, 5.74) is 4.47. The maximum Gasteiger partial charge on any atom is 0.113 e. The molecule has 0 rings (SSSR count). The van der Waals surface area contributed by atoms with E-state index in [1.165, 1.54) is 0 Å². The van der Waals surface area contributed by atoms with Crippen molar-refractivity contribution in [2.24, 2.45) is 5.73 Å². The van der Waals surface area contributed by atoms with E-state index >= 15 is 0 Å². The molecule has 0 saturated heterocycles.